The molecule has 0 radical (unpaired) electrons. The van der Waals surface area contributed by atoms with Crippen molar-refractivity contribution in [2.24, 2.45) is 0 Å². The number of nitrogens with zero attached hydrogens (tertiary/aromatic N) is 1. The molecule has 0 amide bonds. The molecule has 0 spiro atoms. The standard InChI is InChI=1S/C29H60NO8P/c1-5-6-7-8-9-10-11-12-13-14-15-16-17-18-21-27(31)28(36-24-20-19-22-29(32)33)26-38-39(34,35)37-25-23-30(2,3)4/h27-28,31H,5-26H2,1-4H3,(H-,32,33,34,35). The molecule has 3 atom stereocenters. The molecule has 39 heavy (non-hydrogen) atoms. The van der Waals surface area contributed by atoms with Crippen molar-refractivity contribution in [2.75, 3.05) is 47.5 Å². The number of carbonyl (C=O) groups is 1. The molecule has 3 unspecified atom stereocenters. The highest BCUT2D eigenvalue weighted by Crippen LogP contribution is 2.38. The van der Waals surface area contributed by atoms with Crippen LogP contribution in [0.1, 0.15) is 122 Å². The van der Waals surface area contributed by atoms with E-state index in [-0.39, 0.29) is 26.2 Å². The predicted octanol–water partition coefficient (Wildman–Crippen LogP) is 6.07. The van der Waals surface area contributed by atoms with Crippen LogP contribution in [0, 0.1) is 0 Å². The zero-order valence-electron chi connectivity index (χ0n) is 25.4. The first-order valence-corrected chi connectivity index (χ1v) is 16.8. The molecule has 0 bridgehead atoms. The second kappa shape index (κ2) is 24.1. The van der Waals surface area contributed by atoms with E-state index < -0.39 is 26.0 Å². The van der Waals surface area contributed by atoms with E-state index in [0.29, 0.717) is 30.3 Å². The van der Waals surface area contributed by atoms with Crippen molar-refractivity contribution in [3.63, 3.8) is 0 Å². The predicted molar refractivity (Wildman–Crippen MR) is 155 cm³/mol. The fourth-order valence-corrected chi connectivity index (χ4v) is 4.95. The van der Waals surface area contributed by atoms with Crippen molar-refractivity contribution in [2.45, 2.75) is 135 Å². The van der Waals surface area contributed by atoms with E-state index >= 15 is 0 Å². The molecule has 0 saturated heterocycles. The average Bonchev–Trinajstić information content (AvgIpc) is 2.84. The van der Waals surface area contributed by atoms with Crippen molar-refractivity contribution >= 4 is 13.8 Å². The van der Waals surface area contributed by atoms with Crippen molar-refractivity contribution in [3.05, 3.63) is 0 Å². The Morgan fingerprint density at radius 1 is 0.795 bits per heavy atom. The van der Waals surface area contributed by atoms with E-state index in [2.05, 4.69) is 6.92 Å². The highest BCUT2D eigenvalue weighted by atomic mass is 31.2. The Kier molecular flexibility index (Phi) is 23.8. The third kappa shape index (κ3) is 27.4. The van der Waals surface area contributed by atoms with E-state index in [0.717, 1.165) is 19.3 Å². The van der Waals surface area contributed by atoms with Crippen LogP contribution in [0.25, 0.3) is 0 Å². The van der Waals surface area contributed by atoms with Crippen LogP contribution >= 0.6 is 7.82 Å². The fourth-order valence-electron chi connectivity index (χ4n) is 4.25. The number of aliphatic hydroxyl groups excluding tert-OH is 1. The molecular formula is C29H60NO8P. The minimum atomic E-state index is -4.52. The summed E-state index contributed by atoms with van der Waals surface area (Å²) in [5.41, 5.74) is 0. The van der Waals surface area contributed by atoms with Gasteiger partial charge in [-0.25, -0.2) is 0 Å². The second-order valence-corrected chi connectivity index (χ2v) is 13.2. The molecule has 10 heteroatoms. The quantitative estimate of drug-likeness (QED) is 0.0620. The molecule has 0 heterocycles. The minimum Gasteiger partial charge on any atom is -0.756 e. The number of likely N-dealkylation sites (N-methyl/N-ethyl adjacent to an activating group) is 1. The normalized spacial score (nSPS) is 15.2. The summed E-state index contributed by atoms with van der Waals surface area (Å²) in [6.45, 7) is 2.65. The Morgan fingerprint density at radius 3 is 1.79 bits per heavy atom. The van der Waals surface area contributed by atoms with E-state index in [1.54, 1.807) is 0 Å². The first-order chi connectivity index (χ1) is 18.5. The van der Waals surface area contributed by atoms with E-state index in [4.69, 9.17) is 18.9 Å². The Balaban J connectivity index is 4.23. The lowest BCUT2D eigenvalue weighted by Crippen LogP contribution is -2.38. The molecule has 0 aliphatic rings. The van der Waals surface area contributed by atoms with Gasteiger partial charge in [0.05, 0.1) is 33.9 Å². The number of phosphoric ester groups is 1. The monoisotopic (exact) mass is 581 g/mol. The van der Waals surface area contributed by atoms with Gasteiger partial charge in [0.1, 0.15) is 19.3 Å². The first kappa shape index (κ1) is 38.5. The molecule has 0 aromatic rings. The van der Waals surface area contributed by atoms with Gasteiger partial charge in [-0.3, -0.25) is 9.36 Å². The summed E-state index contributed by atoms with van der Waals surface area (Å²) in [5, 5.41) is 19.5. The molecule has 9 nitrogen and oxygen atoms in total. The van der Waals surface area contributed by atoms with Gasteiger partial charge in [-0.15, -0.1) is 0 Å². The minimum absolute atomic E-state index is 0.00654. The average molecular weight is 582 g/mol. The highest BCUT2D eigenvalue weighted by molar-refractivity contribution is 7.45. The van der Waals surface area contributed by atoms with E-state index in [1.807, 2.05) is 21.1 Å². The largest absolute Gasteiger partial charge is 0.756 e. The van der Waals surface area contributed by atoms with Crippen LogP contribution in [-0.2, 0) is 23.1 Å². The molecule has 0 rings (SSSR count). The zero-order chi connectivity index (χ0) is 29.4. The van der Waals surface area contributed by atoms with E-state index in [1.165, 1.54) is 70.6 Å². The van der Waals surface area contributed by atoms with Gasteiger partial charge in [-0.1, -0.05) is 96.8 Å². The number of hydrogen-bond acceptors (Lipinski definition) is 7. The Bertz CT molecular complexity index is 629. The van der Waals surface area contributed by atoms with Crippen molar-refractivity contribution in [1.29, 1.82) is 0 Å². The molecule has 0 aromatic heterocycles. The van der Waals surface area contributed by atoms with Gasteiger partial charge in [0.2, 0.25) is 0 Å². The number of rotatable bonds is 29. The summed E-state index contributed by atoms with van der Waals surface area (Å²) >= 11 is 0. The lowest BCUT2D eigenvalue weighted by Gasteiger charge is -2.29. The van der Waals surface area contributed by atoms with Crippen LogP contribution in [0.2, 0.25) is 0 Å². The Labute approximate surface area is 238 Å². The lowest BCUT2D eigenvalue weighted by atomic mass is 10.0. The van der Waals surface area contributed by atoms with Gasteiger partial charge in [0.15, 0.2) is 0 Å². The Hall–Kier alpha value is -0.540. The number of aliphatic hydroxyl groups is 1. The van der Waals surface area contributed by atoms with Gasteiger partial charge < -0.3 is 33.4 Å². The number of aliphatic carboxylic acids is 1. The number of hydrogen-bond donors (Lipinski definition) is 2. The fraction of sp³-hybridized carbons (Fsp3) is 0.966. The van der Waals surface area contributed by atoms with Crippen molar-refractivity contribution in [3.8, 4) is 0 Å². The second-order valence-electron chi connectivity index (χ2n) is 11.8. The third-order valence-corrected chi connectivity index (χ3v) is 7.77. The van der Waals surface area contributed by atoms with Crippen LogP contribution in [0.15, 0.2) is 0 Å². The molecular weight excluding hydrogens is 521 g/mol. The number of ether oxygens (including phenoxy) is 1. The SMILES string of the molecule is CCCCCCCCCCCCCCCCC(O)C(COP(=O)([O-])OCC[N+](C)(C)C)OCCCCC(=O)O. The number of quaternary nitrogens is 1. The topological polar surface area (TPSA) is 125 Å². The molecule has 0 aliphatic heterocycles. The van der Waals surface area contributed by atoms with Gasteiger partial charge in [-0.2, -0.15) is 0 Å². The summed E-state index contributed by atoms with van der Waals surface area (Å²) in [5.74, 6) is -0.869. The molecule has 0 saturated carbocycles. The zero-order valence-corrected chi connectivity index (χ0v) is 26.3. The van der Waals surface area contributed by atoms with Gasteiger partial charge in [0, 0.05) is 13.0 Å². The molecule has 0 aromatic carbocycles. The maximum Gasteiger partial charge on any atom is 0.303 e. The lowest BCUT2D eigenvalue weighted by molar-refractivity contribution is -0.870. The summed E-state index contributed by atoms with van der Waals surface area (Å²) in [6, 6.07) is 0. The number of carboxylic acids is 1. The summed E-state index contributed by atoms with van der Waals surface area (Å²) in [7, 11) is 1.28. The maximum atomic E-state index is 12.2. The first-order valence-electron chi connectivity index (χ1n) is 15.4. The summed E-state index contributed by atoms with van der Waals surface area (Å²) in [6.07, 6.45) is 17.3. The van der Waals surface area contributed by atoms with Gasteiger partial charge in [-0.05, 0) is 19.3 Å². The molecule has 0 aliphatic carbocycles. The highest BCUT2D eigenvalue weighted by Gasteiger charge is 2.23. The molecule has 2 N–H and O–H groups in total. The number of unbranched alkanes of at least 4 members (excludes halogenated alkanes) is 14. The van der Waals surface area contributed by atoms with Gasteiger partial charge in [0.25, 0.3) is 7.82 Å². The van der Waals surface area contributed by atoms with Crippen molar-refractivity contribution < 1.29 is 42.7 Å². The molecule has 0 fully saturated rings. The third-order valence-electron chi connectivity index (χ3n) is 6.81. The van der Waals surface area contributed by atoms with E-state index in [9.17, 15) is 19.4 Å². The van der Waals surface area contributed by atoms with Crippen LogP contribution in [0.4, 0.5) is 0 Å². The van der Waals surface area contributed by atoms with Crippen LogP contribution < -0.4 is 4.89 Å². The van der Waals surface area contributed by atoms with Crippen molar-refractivity contribution in [1.82, 2.24) is 0 Å². The Morgan fingerprint density at radius 2 is 1.31 bits per heavy atom. The summed E-state index contributed by atoms with van der Waals surface area (Å²) in [4.78, 5) is 22.9. The molecule has 234 valence electrons. The number of phosphoric acid groups is 1. The van der Waals surface area contributed by atoms with Crippen LogP contribution in [0.5, 0.6) is 0 Å². The smallest absolute Gasteiger partial charge is 0.303 e. The van der Waals surface area contributed by atoms with Crippen LogP contribution in [-0.4, -0.2) is 80.4 Å². The maximum absolute atomic E-state index is 12.2. The number of carboxylic acid groups (broad SMARTS) is 1. The van der Waals surface area contributed by atoms with Gasteiger partial charge >= 0.3 is 5.97 Å². The summed E-state index contributed by atoms with van der Waals surface area (Å²) < 4.78 is 28.4. The van der Waals surface area contributed by atoms with Crippen LogP contribution in [0.3, 0.4) is 0 Å².